The average molecular weight is 262 g/mol. The van der Waals surface area contributed by atoms with E-state index in [9.17, 15) is 4.79 Å². The maximum absolute atomic E-state index is 11.8. The van der Waals surface area contributed by atoms with Crippen LogP contribution in [-0.2, 0) is 10.3 Å². The molecule has 3 N–H and O–H groups in total. The zero-order valence-electron chi connectivity index (χ0n) is 11.6. The van der Waals surface area contributed by atoms with E-state index in [2.05, 4.69) is 12.2 Å². The van der Waals surface area contributed by atoms with Gasteiger partial charge < -0.3 is 10.5 Å². The van der Waals surface area contributed by atoms with Crippen molar-refractivity contribution in [2.45, 2.75) is 44.7 Å². The summed E-state index contributed by atoms with van der Waals surface area (Å²) in [5.74, 6) is 0.477. The maximum atomic E-state index is 11.8. The van der Waals surface area contributed by atoms with E-state index < -0.39 is 5.54 Å². The minimum absolute atomic E-state index is 0.346. The highest BCUT2D eigenvalue weighted by Crippen LogP contribution is 2.29. The van der Waals surface area contributed by atoms with Crippen LogP contribution in [0.3, 0.4) is 0 Å². The van der Waals surface area contributed by atoms with E-state index in [1.54, 1.807) is 0 Å². The van der Waals surface area contributed by atoms with Crippen molar-refractivity contribution >= 4 is 5.91 Å². The van der Waals surface area contributed by atoms with Gasteiger partial charge in [0.05, 0.1) is 6.61 Å². The molecule has 0 bridgehead atoms. The molecule has 104 valence electrons. The molecule has 0 aromatic heterocycles. The number of ether oxygens (including phenoxy) is 1. The van der Waals surface area contributed by atoms with E-state index >= 15 is 0 Å². The third kappa shape index (κ3) is 3.26. The maximum Gasteiger partial charge on any atom is 0.242 e. The van der Waals surface area contributed by atoms with Gasteiger partial charge in [0.1, 0.15) is 11.3 Å². The minimum Gasteiger partial charge on any atom is -0.494 e. The zero-order valence-corrected chi connectivity index (χ0v) is 11.6. The molecule has 4 nitrogen and oxygen atoms in total. The lowest BCUT2D eigenvalue weighted by Gasteiger charge is -2.28. The number of carbonyl (C=O) groups excluding carboxylic acids is 1. The van der Waals surface area contributed by atoms with E-state index in [-0.39, 0.29) is 5.91 Å². The van der Waals surface area contributed by atoms with Crippen molar-refractivity contribution in [3.8, 4) is 5.75 Å². The van der Waals surface area contributed by atoms with Crippen LogP contribution in [0.25, 0.3) is 0 Å². The van der Waals surface area contributed by atoms with E-state index in [0.29, 0.717) is 12.6 Å². The fraction of sp³-hybridized carbons (Fsp3) is 0.533. The lowest BCUT2D eigenvalue weighted by Crippen LogP contribution is -2.51. The molecule has 1 aromatic carbocycles. The standard InChI is InChI=1S/C15H22N2O2/c1-3-10-19-13-8-4-11(5-9-13)15(2,14(16)18)17-12-6-7-12/h4-5,8-9,12,17H,3,6-7,10H2,1-2H3,(H2,16,18). The number of amides is 1. The second-order valence-electron chi connectivity index (χ2n) is 5.28. The summed E-state index contributed by atoms with van der Waals surface area (Å²) >= 11 is 0. The summed E-state index contributed by atoms with van der Waals surface area (Å²) in [4.78, 5) is 11.8. The Balaban J connectivity index is 2.14. The molecule has 0 aliphatic heterocycles. The van der Waals surface area contributed by atoms with Crippen LogP contribution >= 0.6 is 0 Å². The van der Waals surface area contributed by atoms with Crippen LogP contribution in [0, 0.1) is 0 Å². The van der Waals surface area contributed by atoms with Crippen LogP contribution in [0.1, 0.15) is 38.7 Å². The number of hydrogen-bond donors (Lipinski definition) is 2. The number of primary amides is 1. The molecular weight excluding hydrogens is 240 g/mol. The molecule has 4 heteroatoms. The summed E-state index contributed by atoms with van der Waals surface area (Å²) in [7, 11) is 0. The molecule has 19 heavy (non-hydrogen) atoms. The van der Waals surface area contributed by atoms with Crippen molar-refractivity contribution in [1.29, 1.82) is 0 Å². The van der Waals surface area contributed by atoms with Crippen LogP contribution in [0.4, 0.5) is 0 Å². The molecule has 1 saturated carbocycles. The van der Waals surface area contributed by atoms with Crippen molar-refractivity contribution in [2.24, 2.45) is 5.73 Å². The van der Waals surface area contributed by atoms with Gasteiger partial charge in [-0.3, -0.25) is 10.1 Å². The van der Waals surface area contributed by atoms with Crippen LogP contribution in [0.15, 0.2) is 24.3 Å². The molecule has 1 aliphatic carbocycles. The van der Waals surface area contributed by atoms with Gasteiger partial charge >= 0.3 is 0 Å². The summed E-state index contributed by atoms with van der Waals surface area (Å²) in [6.07, 6.45) is 3.20. The second kappa shape index (κ2) is 5.61. The predicted molar refractivity (Wildman–Crippen MR) is 74.9 cm³/mol. The van der Waals surface area contributed by atoms with Crippen LogP contribution in [0.2, 0.25) is 0 Å². The van der Waals surface area contributed by atoms with Crippen molar-refractivity contribution in [1.82, 2.24) is 5.32 Å². The van der Waals surface area contributed by atoms with Gasteiger partial charge in [0.2, 0.25) is 5.91 Å². The second-order valence-corrected chi connectivity index (χ2v) is 5.28. The van der Waals surface area contributed by atoms with Gasteiger partial charge in [-0.15, -0.1) is 0 Å². The SMILES string of the molecule is CCCOc1ccc(C(C)(NC2CC2)C(N)=O)cc1. The smallest absolute Gasteiger partial charge is 0.242 e. The molecule has 1 unspecified atom stereocenters. The third-order valence-corrected chi connectivity index (χ3v) is 3.47. The van der Waals surface area contributed by atoms with Crippen molar-refractivity contribution < 1.29 is 9.53 Å². The Morgan fingerprint density at radius 1 is 1.42 bits per heavy atom. The number of benzene rings is 1. The minimum atomic E-state index is -0.801. The van der Waals surface area contributed by atoms with Gasteiger partial charge in [0.25, 0.3) is 0 Å². The van der Waals surface area contributed by atoms with E-state index in [1.165, 1.54) is 0 Å². The molecular formula is C15H22N2O2. The largest absolute Gasteiger partial charge is 0.494 e. The number of rotatable bonds is 7. The topological polar surface area (TPSA) is 64.3 Å². The van der Waals surface area contributed by atoms with Crippen LogP contribution in [-0.4, -0.2) is 18.6 Å². The summed E-state index contributed by atoms with van der Waals surface area (Å²) < 4.78 is 5.54. The quantitative estimate of drug-likeness (QED) is 0.789. The van der Waals surface area contributed by atoms with Gasteiger partial charge in [-0.1, -0.05) is 19.1 Å². The van der Waals surface area contributed by atoms with Crippen LogP contribution < -0.4 is 15.8 Å². The Morgan fingerprint density at radius 2 is 2.05 bits per heavy atom. The lowest BCUT2D eigenvalue weighted by atomic mass is 9.91. The number of nitrogens with one attached hydrogen (secondary N) is 1. The van der Waals surface area contributed by atoms with Crippen molar-refractivity contribution in [3.63, 3.8) is 0 Å². The predicted octanol–water partition coefficient (Wildman–Crippen LogP) is 1.93. The zero-order chi connectivity index (χ0) is 13.9. The number of nitrogens with two attached hydrogens (primary N) is 1. The first-order chi connectivity index (χ1) is 9.06. The van der Waals surface area contributed by atoms with Crippen LogP contribution in [0.5, 0.6) is 5.75 Å². The molecule has 0 spiro atoms. The highest BCUT2D eigenvalue weighted by Gasteiger charge is 2.38. The average Bonchev–Trinajstić information content (AvgIpc) is 3.20. The Kier molecular flexibility index (Phi) is 4.10. The number of carbonyl (C=O) groups is 1. The molecule has 1 aliphatic rings. The van der Waals surface area contributed by atoms with Gasteiger partial charge in [-0.2, -0.15) is 0 Å². The summed E-state index contributed by atoms with van der Waals surface area (Å²) in [5.41, 5.74) is 5.65. The molecule has 0 heterocycles. The van der Waals surface area contributed by atoms with Gasteiger partial charge in [0.15, 0.2) is 0 Å². The summed E-state index contributed by atoms with van der Waals surface area (Å²) in [6, 6.07) is 8.01. The van der Waals surface area contributed by atoms with Gasteiger partial charge in [0, 0.05) is 6.04 Å². The Bertz CT molecular complexity index is 440. The monoisotopic (exact) mass is 262 g/mol. The van der Waals surface area contributed by atoms with Gasteiger partial charge in [-0.25, -0.2) is 0 Å². The van der Waals surface area contributed by atoms with Crippen molar-refractivity contribution in [2.75, 3.05) is 6.61 Å². The first-order valence-electron chi connectivity index (χ1n) is 6.87. The highest BCUT2D eigenvalue weighted by molar-refractivity contribution is 5.85. The Labute approximate surface area is 114 Å². The highest BCUT2D eigenvalue weighted by atomic mass is 16.5. The normalized spacial score (nSPS) is 17.8. The molecule has 1 fully saturated rings. The molecule has 0 saturated heterocycles. The first-order valence-corrected chi connectivity index (χ1v) is 6.87. The Morgan fingerprint density at radius 3 is 2.53 bits per heavy atom. The van der Waals surface area contributed by atoms with E-state index in [0.717, 1.165) is 30.6 Å². The molecule has 2 rings (SSSR count). The number of hydrogen-bond acceptors (Lipinski definition) is 3. The van der Waals surface area contributed by atoms with E-state index in [1.807, 2.05) is 31.2 Å². The van der Waals surface area contributed by atoms with Gasteiger partial charge in [-0.05, 0) is 43.9 Å². The third-order valence-electron chi connectivity index (χ3n) is 3.47. The lowest BCUT2D eigenvalue weighted by molar-refractivity contribution is -0.124. The molecule has 1 amide bonds. The van der Waals surface area contributed by atoms with E-state index in [4.69, 9.17) is 10.5 Å². The Hall–Kier alpha value is -1.55. The molecule has 1 aromatic rings. The fourth-order valence-corrected chi connectivity index (χ4v) is 2.04. The first kappa shape index (κ1) is 13.9. The molecule has 1 atom stereocenters. The molecule has 0 radical (unpaired) electrons. The summed E-state index contributed by atoms with van der Waals surface area (Å²) in [5, 5.41) is 3.33. The summed E-state index contributed by atoms with van der Waals surface area (Å²) in [6.45, 7) is 4.61. The van der Waals surface area contributed by atoms with Crippen molar-refractivity contribution in [3.05, 3.63) is 29.8 Å². The fourth-order valence-electron chi connectivity index (χ4n) is 2.04.